The number of nitrogens with two attached hydrogens (primary N) is 1. The third-order valence-corrected chi connectivity index (χ3v) is 15.8. The molecule has 6 heterocycles. The monoisotopic (exact) mass is 1020 g/mol. The van der Waals surface area contributed by atoms with E-state index in [0.29, 0.717) is 76.5 Å². The second-order valence-electron chi connectivity index (χ2n) is 20.6. The van der Waals surface area contributed by atoms with Gasteiger partial charge in [-0.15, -0.1) is 11.3 Å². The number of aromatic amines is 1. The van der Waals surface area contributed by atoms with Gasteiger partial charge in [0.05, 0.1) is 45.2 Å². The lowest BCUT2D eigenvalue weighted by Crippen LogP contribution is -2.60. The van der Waals surface area contributed by atoms with E-state index in [2.05, 4.69) is 35.1 Å². The number of β-amino-alcohol motifs (C(OH)–C–C–N with tert-alkyl or cyclic N) is 1. The summed E-state index contributed by atoms with van der Waals surface area (Å²) < 4.78 is 5.67. The van der Waals surface area contributed by atoms with Gasteiger partial charge >= 0.3 is 0 Å². The molecule has 17 nitrogen and oxygen atoms in total. The van der Waals surface area contributed by atoms with Gasteiger partial charge in [-0.2, -0.15) is 0 Å². The summed E-state index contributed by atoms with van der Waals surface area (Å²) in [6.45, 7) is 11.0. The second-order valence-corrected chi connectivity index (χ2v) is 21.9. The molecule has 5 aromatic rings. The average molecular weight is 1020 g/mol. The fourth-order valence-electron chi connectivity index (χ4n) is 10.1. The summed E-state index contributed by atoms with van der Waals surface area (Å²) in [5, 5.41) is 15.5. The van der Waals surface area contributed by atoms with E-state index >= 15 is 0 Å². The van der Waals surface area contributed by atoms with E-state index in [0.717, 1.165) is 44.1 Å². The van der Waals surface area contributed by atoms with Gasteiger partial charge in [0.1, 0.15) is 31.0 Å². The number of piperazine rings is 1. The summed E-state index contributed by atoms with van der Waals surface area (Å²) in [6, 6.07) is 16.4. The number of carbonyl (C=O) groups is 5. The topological polar surface area (TPSA) is 220 Å². The normalized spacial score (nSPS) is 19.3. The lowest BCUT2D eigenvalue weighted by molar-refractivity contribution is -0.147. The lowest BCUT2D eigenvalue weighted by atomic mass is 9.76. The molecule has 3 amide bonds. The molecular weight excluding hydrogens is 956 g/mol. The molecule has 4 atom stereocenters. The van der Waals surface area contributed by atoms with Crippen LogP contribution in [-0.2, 0) is 35.1 Å². The number of fused-ring (bicyclic) bond motifs is 1. The van der Waals surface area contributed by atoms with Crippen molar-refractivity contribution in [1.29, 1.82) is 0 Å². The Labute approximate surface area is 429 Å². The minimum atomic E-state index is -1.06. The van der Waals surface area contributed by atoms with Crippen LogP contribution in [-0.4, -0.2) is 152 Å². The van der Waals surface area contributed by atoms with Crippen molar-refractivity contribution in [3.05, 3.63) is 94.5 Å². The van der Waals surface area contributed by atoms with Gasteiger partial charge in [0.2, 0.25) is 17.7 Å². The minimum Gasteiger partial charge on any atom is -0.391 e. The van der Waals surface area contributed by atoms with Crippen LogP contribution in [0, 0.1) is 18.3 Å². The van der Waals surface area contributed by atoms with Crippen LogP contribution in [0.15, 0.2) is 72.6 Å². The van der Waals surface area contributed by atoms with Crippen molar-refractivity contribution < 1.29 is 33.8 Å². The number of piperidine rings is 1. The number of ketones is 2. The summed E-state index contributed by atoms with van der Waals surface area (Å²) in [5.41, 5.74) is 11.7. The third kappa shape index (κ3) is 12.8. The Morgan fingerprint density at radius 1 is 0.958 bits per heavy atom. The quantitative estimate of drug-likeness (QED) is 0.0800. The number of anilines is 1. The number of Topliss-reactive ketones (excluding diaryl/α,β-unsaturated/α-hetero) is 2. The number of carbonyl (C=O) groups excluding carboxylic acids is 5. The molecule has 3 aromatic heterocycles. The van der Waals surface area contributed by atoms with Gasteiger partial charge in [-0.1, -0.05) is 68.8 Å². The van der Waals surface area contributed by atoms with Crippen molar-refractivity contribution >= 4 is 69.1 Å². The number of aliphatic hydroxyl groups excluding tert-OH is 1. The molecule has 0 unspecified atom stereocenters. The number of benzene rings is 2. The van der Waals surface area contributed by atoms with Crippen molar-refractivity contribution in [2.24, 2.45) is 17.1 Å². The van der Waals surface area contributed by atoms with Crippen LogP contribution in [0.5, 0.6) is 0 Å². The molecule has 0 aliphatic carbocycles. The first-order valence-electron chi connectivity index (χ1n) is 24.9. The maximum atomic E-state index is 14.2. The Bertz CT molecular complexity index is 2690. The van der Waals surface area contributed by atoms with E-state index in [1.54, 1.807) is 16.2 Å². The minimum absolute atomic E-state index is 0.0236. The first-order valence-corrected chi connectivity index (χ1v) is 26.2. The van der Waals surface area contributed by atoms with Crippen LogP contribution in [0.3, 0.4) is 0 Å². The largest absolute Gasteiger partial charge is 0.391 e. The van der Waals surface area contributed by atoms with Gasteiger partial charge in [-0.25, -0.2) is 15.0 Å². The highest BCUT2D eigenvalue weighted by atomic mass is 35.5. The smallest absolute Gasteiger partial charge is 0.248 e. The number of aryl methyl sites for hydroxylation is 2. The third-order valence-electron chi connectivity index (χ3n) is 14.6. The van der Waals surface area contributed by atoms with Gasteiger partial charge < -0.3 is 40.6 Å². The number of hydrogen-bond acceptors (Lipinski definition) is 14. The SMILES string of the molecule is Cc1ncsc1-c1ccc(CCC(=O)[C@@H]2C[C@@H](O)CN2C(=O)[C@@H](CC(=O)COCC(=O)N2CCN(CC[C@H](NC(=O)C3(N)CCN(c4ncnc5[nH]ccc45)CC3)c3ccc(Cl)cc3)CC2)C(C)(C)C)cc1. The van der Waals surface area contributed by atoms with Crippen molar-refractivity contribution in [3.8, 4) is 10.4 Å². The summed E-state index contributed by atoms with van der Waals surface area (Å²) in [6.07, 6.45) is 4.78. The standard InChI is InChI=1S/C53H67ClN10O7S/c1-34-47(72-33-59-34)37-8-5-35(6-9-37)7-14-45(67)44-28-39(65)29-64(44)50(69)42(52(2,3)4)27-40(66)30-71-31-46(68)62-25-23-61(24-26-62)20-16-43(36-10-12-38(54)13-11-36)60-51(70)53(55)17-21-63(22-18-53)49-41-15-19-56-48(41)57-32-58-49/h5-6,8-13,15,19,32-33,39,42-44,65H,7,14,16-18,20-31,55H2,1-4H3,(H,60,70)(H,56,57,58)/t39-,42-,43+,44+/m1/s1. The average Bonchev–Trinajstić information content (AvgIpc) is 4.14. The molecule has 0 spiro atoms. The molecule has 2 aromatic carbocycles. The molecule has 3 fully saturated rings. The van der Waals surface area contributed by atoms with Crippen LogP contribution in [0.1, 0.15) is 82.2 Å². The highest BCUT2D eigenvalue weighted by Gasteiger charge is 2.44. The van der Waals surface area contributed by atoms with Crippen LogP contribution < -0.4 is 16.0 Å². The molecule has 5 N–H and O–H groups in total. The van der Waals surface area contributed by atoms with Crippen molar-refractivity contribution in [3.63, 3.8) is 0 Å². The van der Waals surface area contributed by atoms with Gasteiger partial charge in [0.25, 0.3) is 0 Å². The van der Waals surface area contributed by atoms with E-state index in [9.17, 15) is 29.1 Å². The molecule has 72 heavy (non-hydrogen) atoms. The number of rotatable bonds is 19. The molecule has 3 aliphatic heterocycles. The number of nitrogens with one attached hydrogen (secondary N) is 2. The van der Waals surface area contributed by atoms with Crippen LogP contribution in [0.4, 0.5) is 5.82 Å². The van der Waals surface area contributed by atoms with Crippen LogP contribution in [0.25, 0.3) is 21.5 Å². The molecule has 3 saturated heterocycles. The zero-order valence-electron chi connectivity index (χ0n) is 41.6. The van der Waals surface area contributed by atoms with Crippen LogP contribution >= 0.6 is 22.9 Å². The molecule has 384 valence electrons. The molecule has 0 bridgehead atoms. The lowest BCUT2D eigenvalue weighted by Gasteiger charge is -2.39. The van der Waals surface area contributed by atoms with E-state index in [1.165, 1.54) is 11.2 Å². The molecule has 19 heteroatoms. The summed E-state index contributed by atoms with van der Waals surface area (Å²) in [5.74, 6) is -1.17. The van der Waals surface area contributed by atoms with E-state index in [1.807, 2.05) is 94.0 Å². The number of aliphatic hydroxyl groups is 1. The number of H-pyrrole nitrogens is 1. The number of halogens is 1. The molecule has 0 saturated carbocycles. The first-order chi connectivity index (χ1) is 34.5. The van der Waals surface area contributed by atoms with Crippen molar-refractivity contribution in [2.75, 3.05) is 70.5 Å². The highest BCUT2D eigenvalue weighted by molar-refractivity contribution is 7.13. The summed E-state index contributed by atoms with van der Waals surface area (Å²) >= 11 is 7.83. The Kier molecular flexibility index (Phi) is 16.9. The first kappa shape index (κ1) is 52.7. The van der Waals surface area contributed by atoms with Crippen molar-refractivity contribution in [1.82, 2.24) is 40.0 Å². The number of ether oxygens (including phenoxy) is 1. The predicted molar refractivity (Wildman–Crippen MR) is 277 cm³/mol. The Morgan fingerprint density at radius 2 is 1.68 bits per heavy atom. The number of amides is 3. The second kappa shape index (κ2) is 23.1. The summed E-state index contributed by atoms with van der Waals surface area (Å²) in [4.78, 5) is 93.5. The maximum absolute atomic E-state index is 14.2. The number of likely N-dealkylation sites (tertiary alicyclic amines) is 1. The molecular formula is C53H67ClN10O7S. The van der Waals surface area contributed by atoms with Gasteiger partial charge in [-0.05, 0) is 72.9 Å². The van der Waals surface area contributed by atoms with E-state index in [4.69, 9.17) is 22.1 Å². The Morgan fingerprint density at radius 3 is 2.36 bits per heavy atom. The maximum Gasteiger partial charge on any atom is 0.248 e. The number of nitrogens with zero attached hydrogens (tertiary/aromatic N) is 7. The zero-order valence-corrected chi connectivity index (χ0v) is 43.2. The van der Waals surface area contributed by atoms with E-state index in [-0.39, 0.29) is 74.4 Å². The fraction of sp³-hybridized carbons (Fsp3) is 0.509. The number of thiazole rings is 1. The molecule has 3 aliphatic rings. The zero-order chi connectivity index (χ0) is 51.2. The van der Waals surface area contributed by atoms with Crippen molar-refractivity contribution in [2.45, 2.75) is 96.4 Å². The number of aromatic nitrogens is 4. The van der Waals surface area contributed by atoms with Gasteiger partial charge in [-0.3, -0.25) is 28.9 Å². The molecule has 0 radical (unpaired) electrons. The predicted octanol–water partition coefficient (Wildman–Crippen LogP) is 5.53. The molecule has 8 rings (SSSR count). The number of hydrogen-bond donors (Lipinski definition) is 4. The van der Waals surface area contributed by atoms with Gasteiger partial charge in [0, 0.05) is 88.8 Å². The Balaban J connectivity index is 0.774. The van der Waals surface area contributed by atoms with Crippen LogP contribution in [0.2, 0.25) is 5.02 Å². The summed E-state index contributed by atoms with van der Waals surface area (Å²) in [7, 11) is 0. The fourth-order valence-corrected chi connectivity index (χ4v) is 11.0. The van der Waals surface area contributed by atoms with Gasteiger partial charge in [0.15, 0.2) is 11.6 Å². The highest BCUT2D eigenvalue weighted by Crippen LogP contribution is 2.35. The van der Waals surface area contributed by atoms with E-state index < -0.39 is 29.0 Å². The Hall–Kier alpha value is -5.63.